The van der Waals surface area contributed by atoms with E-state index in [0.717, 1.165) is 52.4 Å². The molecule has 3 heterocycles. The lowest BCUT2D eigenvalue weighted by Crippen LogP contribution is -2.32. The standard InChI is InChI=1S/C24H26N4O3/c1-30-20-11-10-16(24(27-20)31-2)15-8-5-9-17-22(25)21-18(26-23(15)17)12-28(19(21)13-29)14-6-3-4-7-14/h5,8-11,13-14,19H,3-4,6-7,12H2,1-2H3,(H2,25,26). The van der Waals surface area contributed by atoms with Crippen molar-refractivity contribution in [2.45, 2.75) is 44.3 Å². The molecule has 3 aromatic rings. The molecule has 0 saturated heterocycles. The van der Waals surface area contributed by atoms with E-state index >= 15 is 0 Å². The van der Waals surface area contributed by atoms with Crippen molar-refractivity contribution in [3.8, 4) is 22.9 Å². The van der Waals surface area contributed by atoms with Gasteiger partial charge in [-0.05, 0) is 18.9 Å². The third kappa shape index (κ3) is 3.11. The predicted molar refractivity (Wildman–Crippen MR) is 119 cm³/mol. The van der Waals surface area contributed by atoms with Crippen LogP contribution in [0.5, 0.6) is 11.8 Å². The fourth-order valence-electron chi connectivity index (χ4n) is 5.12. The van der Waals surface area contributed by atoms with Crippen LogP contribution in [0.3, 0.4) is 0 Å². The minimum absolute atomic E-state index is 0.323. The van der Waals surface area contributed by atoms with Gasteiger partial charge in [-0.15, -0.1) is 0 Å². The Bertz CT molecular complexity index is 1160. The Morgan fingerprint density at radius 3 is 2.58 bits per heavy atom. The molecule has 2 N–H and O–H groups in total. The summed E-state index contributed by atoms with van der Waals surface area (Å²) in [5, 5.41) is 0.842. The van der Waals surface area contributed by atoms with E-state index in [2.05, 4.69) is 9.88 Å². The average Bonchev–Trinajstić information content (AvgIpc) is 3.46. The summed E-state index contributed by atoms with van der Waals surface area (Å²) in [4.78, 5) is 23.8. The number of carbonyl (C=O) groups excluding carboxylic acids is 1. The van der Waals surface area contributed by atoms with Gasteiger partial charge in [-0.1, -0.05) is 31.0 Å². The molecule has 1 atom stereocenters. The van der Waals surface area contributed by atoms with Crippen LogP contribution in [0.4, 0.5) is 5.69 Å². The summed E-state index contributed by atoms with van der Waals surface area (Å²) in [5.41, 5.74) is 11.6. The summed E-state index contributed by atoms with van der Waals surface area (Å²) in [6.07, 6.45) is 5.69. The molecule has 1 unspecified atom stereocenters. The molecule has 1 aliphatic heterocycles. The highest BCUT2D eigenvalue weighted by atomic mass is 16.5. The third-order valence-corrected chi connectivity index (χ3v) is 6.61. The van der Waals surface area contributed by atoms with Crippen LogP contribution in [0.25, 0.3) is 22.0 Å². The first-order chi connectivity index (χ1) is 15.2. The first-order valence-corrected chi connectivity index (χ1v) is 10.7. The monoisotopic (exact) mass is 418 g/mol. The lowest BCUT2D eigenvalue weighted by atomic mass is 9.98. The minimum atomic E-state index is -0.323. The van der Waals surface area contributed by atoms with E-state index < -0.39 is 0 Å². The van der Waals surface area contributed by atoms with E-state index in [9.17, 15) is 4.79 Å². The number of rotatable bonds is 5. The largest absolute Gasteiger partial charge is 0.481 e. The molecule has 7 heteroatoms. The fraction of sp³-hybridized carbons (Fsp3) is 0.375. The molecular weight excluding hydrogens is 392 g/mol. The molecule has 7 nitrogen and oxygen atoms in total. The zero-order valence-electron chi connectivity index (χ0n) is 17.8. The summed E-state index contributed by atoms with van der Waals surface area (Å²) >= 11 is 0. The van der Waals surface area contributed by atoms with Gasteiger partial charge in [-0.2, -0.15) is 4.98 Å². The molecule has 1 aromatic carbocycles. The second-order valence-corrected chi connectivity index (χ2v) is 8.19. The van der Waals surface area contributed by atoms with Crippen molar-refractivity contribution in [2.24, 2.45) is 0 Å². The highest BCUT2D eigenvalue weighted by molar-refractivity contribution is 6.02. The zero-order valence-corrected chi connectivity index (χ0v) is 17.8. The highest BCUT2D eigenvalue weighted by Gasteiger charge is 2.39. The van der Waals surface area contributed by atoms with Crippen molar-refractivity contribution in [1.29, 1.82) is 0 Å². The quantitative estimate of drug-likeness (QED) is 0.629. The molecular formula is C24H26N4O3. The summed E-state index contributed by atoms with van der Waals surface area (Å²) in [6.45, 7) is 0.649. The van der Waals surface area contributed by atoms with E-state index in [4.69, 9.17) is 20.2 Å². The van der Waals surface area contributed by atoms with E-state index in [-0.39, 0.29) is 6.04 Å². The number of hydrogen-bond acceptors (Lipinski definition) is 7. The van der Waals surface area contributed by atoms with Crippen molar-refractivity contribution >= 4 is 22.9 Å². The Balaban J connectivity index is 1.68. The topological polar surface area (TPSA) is 90.6 Å². The molecule has 1 aliphatic carbocycles. The highest BCUT2D eigenvalue weighted by Crippen LogP contribution is 2.44. The van der Waals surface area contributed by atoms with Gasteiger partial charge in [-0.25, -0.2) is 0 Å². The number of nitrogens with two attached hydrogens (primary N) is 1. The Hall–Kier alpha value is -3.19. The van der Waals surface area contributed by atoms with E-state index in [1.165, 1.54) is 12.8 Å². The fourth-order valence-corrected chi connectivity index (χ4v) is 5.12. The van der Waals surface area contributed by atoms with Crippen molar-refractivity contribution in [2.75, 3.05) is 20.0 Å². The molecule has 0 radical (unpaired) electrons. The number of benzene rings is 1. The van der Waals surface area contributed by atoms with Crippen molar-refractivity contribution in [1.82, 2.24) is 14.9 Å². The normalized spacial score (nSPS) is 19.0. The number of methoxy groups -OCH3 is 2. The van der Waals surface area contributed by atoms with Crippen molar-refractivity contribution < 1.29 is 14.3 Å². The molecule has 0 amide bonds. The number of nitrogens with zero attached hydrogens (tertiary/aromatic N) is 3. The van der Waals surface area contributed by atoms with E-state index in [1.54, 1.807) is 20.3 Å². The molecule has 2 aromatic heterocycles. The molecule has 1 saturated carbocycles. The molecule has 0 spiro atoms. The first kappa shape index (κ1) is 19.8. The number of aromatic nitrogens is 2. The summed E-state index contributed by atoms with van der Waals surface area (Å²) < 4.78 is 10.8. The van der Waals surface area contributed by atoms with E-state index in [1.807, 2.05) is 24.3 Å². The number of anilines is 1. The average molecular weight is 418 g/mol. The van der Waals surface area contributed by atoms with Crippen LogP contribution in [0.15, 0.2) is 30.3 Å². The van der Waals surface area contributed by atoms with Crippen LogP contribution in [-0.4, -0.2) is 41.4 Å². The lowest BCUT2D eigenvalue weighted by Gasteiger charge is -2.27. The molecule has 160 valence electrons. The van der Waals surface area contributed by atoms with Crippen molar-refractivity contribution in [3.05, 3.63) is 41.6 Å². The number of para-hydroxylation sites is 1. The summed E-state index contributed by atoms with van der Waals surface area (Å²) in [6, 6.07) is 9.72. The number of pyridine rings is 2. The SMILES string of the molecule is COc1ccc(-c2cccc3c(N)c4c(nc23)CN(C2CCCC2)C4C=O)c(OC)n1. The van der Waals surface area contributed by atoms with Crippen LogP contribution in [0.2, 0.25) is 0 Å². The minimum Gasteiger partial charge on any atom is -0.481 e. The lowest BCUT2D eigenvalue weighted by molar-refractivity contribution is -0.113. The van der Waals surface area contributed by atoms with E-state index in [0.29, 0.717) is 30.0 Å². The molecule has 5 rings (SSSR count). The molecule has 2 aliphatic rings. The van der Waals surface area contributed by atoms with Gasteiger partial charge >= 0.3 is 0 Å². The Morgan fingerprint density at radius 2 is 1.87 bits per heavy atom. The van der Waals surface area contributed by atoms with Gasteiger partial charge in [0.1, 0.15) is 6.29 Å². The maximum absolute atomic E-state index is 12.1. The van der Waals surface area contributed by atoms with Crippen LogP contribution < -0.4 is 15.2 Å². The number of nitrogen functional groups attached to an aromatic ring is 1. The van der Waals surface area contributed by atoms with Gasteiger partial charge in [-0.3, -0.25) is 9.88 Å². The van der Waals surface area contributed by atoms with Gasteiger partial charge < -0.3 is 20.0 Å². The van der Waals surface area contributed by atoms with Gasteiger partial charge in [0.05, 0.1) is 31.5 Å². The van der Waals surface area contributed by atoms with Gasteiger partial charge in [0.2, 0.25) is 11.8 Å². The third-order valence-electron chi connectivity index (χ3n) is 6.61. The molecule has 1 fully saturated rings. The van der Waals surface area contributed by atoms with Crippen LogP contribution >= 0.6 is 0 Å². The number of carbonyl (C=O) groups is 1. The second kappa shape index (κ2) is 7.81. The smallest absolute Gasteiger partial charge is 0.224 e. The maximum Gasteiger partial charge on any atom is 0.224 e. The number of ether oxygens (including phenoxy) is 2. The number of hydrogen-bond donors (Lipinski definition) is 1. The Morgan fingerprint density at radius 1 is 1.06 bits per heavy atom. The molecule has 0 bridgehead atoms. The summed E-state index contributed by atoms with van der Waals surface area (Å²) in [7, 11) is 3.16. The number of aldehydes is 1. The predicted octanol–water partition coefficient (Wildman–Crippen LogP) is 3.89. The van der Waals surface area contributed by atoms with Gasteiger partial charge in [0, 0.05) is 46.4 Å². The second-order valence-electron chi connectivity index (χ2n) is 8.19. The van der Waals surface area contributed by atoms with Crippen molar-refractivity contribution in [3.63, 3.8) is 0 Å². The van der Waals surface area contributed by atoms with Gasteiger partial charge in [0.25, 0.3) is 0 Å². The Labute approximate surface area is 181 Å². The maximum atomic E-state index is 12.1. The zero-order chi connectivity index (χ0) is 21.5. The molecule has 31 heavy (non-hydrogen) atoms. The number of fused-ring (bicyclic) bond motifs is 2. The van der Waals surface area contributed by atoms with Crippen LogP contribution in [-0.2, 0) is 11.3 Å². The van der Waals surface area contributed by atoms with Crippen LogP contribution in [0, 0.1) is 0 Å². The first-order valence-electron chi connectivity index (χ1n) is 10.7. The van der Waals surface area contributed by atoms with Gasteiger partial charge in [0.15, 0.2) is 0 Å². The Kier molecular flexibility index (Phi) is 4.98. The van der Waals surface area contributed by atoms with Crippen LogP contribution in [0.1, 0.15) is 43.0 Å². The summed E-state index contributed by atoms with van der Waals surface area (Å²) in [5.74, 6) is 0.946.